The summed E-state index contributed by atoms with van der Waals surface area (Å²) in [6.07, 6.45) is 22.7. The summed E-state index contributed by atoms with van der Waals surface area (Å²) in [5, 5.41) is 2.93. The summed E-state index contributed by atoms with van der Waals surface area (Å²) < 4.78 is 18.8. The van der Waals surface area contributed by atoms with Gasteiger partial charge in [0.15, 0.2) is 0 Å². The standard InChI is InChI=1S/C44H63NO4/c1-2-3-4-5-6-7-8-9-10-11-12-13-14-15-16-26-35-45-43(46)47-36-41-33-34-42(49-41)37-48-44(38-27-20-17-21-28-38,39-29-22-18-23-30-39)40-31-24-19-25-32-40/h17-25,27-32,41-42H,2-16,26,33-37H2,1H3,(H,45,46)/t41-,42-/m0/s1. The fraction of sp³-hybridized carbons (Fsp3) is 0.568. The highest BCUT2D eigenvalue weighted by Crippen LogP contribution is 2.41. The molecule has 5 nitrogen and oxygen atoms in total. The van der Waals surface area contributed by atoms with Crippen LogP contribution in [-0.4, -0.2) is 38.1 Å². The van der Waals surface area contributed by atoms with Crippen molar-refractivity contribution in [3.8, 4) is 0 Å². The quantitative estimate of drug-likeness (QED) is 0.0720. The fourth-order valence-electron chi connectivity index (χ4n) is 7.10. The van der Waals surface area contributed by atoms with Crippen LogP contribution in [0.2, 0.25) is 0 Å². The molecule has 0 bridgehead atoms. The summed E-state index contributed by atoms with van der Waals surface area (Å²) in [6.45, 7) is 3.65. The molecule has 1 fully saturated rings. The van der Waals surface area contributed by atoms with Gasteiger partial charge in [-0.25, -0.2) is 4.79 Å². The van der Waals surface area contributed by atoms with Crippen molar-refractivity contribution < 1.29 is 19.0 Å². The first-order chi connectivity index (χ1) is 24.2. The van der Waals surface area contributed by atoms with Crippen LogP contribution in [0.1, 0.15) is 139 Å². The first-order valence-corrected chi connectivity index (χ1v) is 19.6. The summed E-state index contributed by atoms with van der Waals surface area (Å²) in [5.74, 6) is 0. The van der Waals surface area contributed by atoms with Crippen molar-refractivity contribution in [2.75, 3.05) is 19.8 Å². The molecule has 0 unspecified atom stereocenters. The van der Waals surface area contributed by atoms with Gasteiger partial charge in [0.05, 0.1) is 18.8 Å². The van der Waals surface area contributed by atoms with Gasteiger partial charge in [-0.1, -0.05) is 194 Å². The van der Waals surface area contributed by atoms with E-state index >= 15 is 0 Å². The summed E-state index contributed by atoms with van der Waals surface area (Å²) in [5.41, 5.74) is 2.46. The molecule has 1 saturated heterocycles. The van der Waals surface area contributed by atoms with E-state index < -0.39 is 5.60 Å². The first kappa shape index (κ1) is 38.6. The molecule has 1 aliphatic heterocycles. The van der Waals surface area contributed by atoms with Gasteiger partial charge in [-0.3, -0.25) is 0 Å². The number of hydrogen-bond acceptors (Lipinski definition) is 4. The topological polar surface area (TPSA) is 56.8 Å². The Bertz CT molecular complexity index is 1160. The average molecular weight is 670 g/mol. The van der Waals surface area contributed by atoms with E-state index in [0.717, 1.165) is 42.4 Å². The highest BCUT2D eigenvalue weighted by atomic mass is 16.6. The van der Waals surface area contributed by atoms with Crippen LogP contribution in [-0.2, 0) is 19.8 Å². The number of amides is 1. The van der Waals surface area contributed by atoms with Crippen molar-refractivity contribution in [1.82, 2.24) is 5.32 Å². The van der Waals surface area contributed by atoms with Crippen LogP contribution >= 0.6 is 0 Å². The molecule has 3 aromatic rings. The van der Waals surface area contributed by atoms with Crippen LogP contribution in [0.15, 0.2) is 91.0 Å². The number of hydrogen-bond donors (Lipinski definition) is 1. The third kappa shape index (κ3) is 13.6. The smallest absolute Gasteiger partial charge is 0.407 e. The van der Waals surface area contributed by atoms with E-state index in [1.54, 1.807) is 0 Å². The molecule has 4 rings (SSSR count). The third-order valence-electron chi connectivity index (χ3n) is 9.92. The van der Waals surface area contributed by atoms with E-state index in [1.165, 1.54) is 89.9 Å². The van der Waals surface area contributed by atoms with E-state index in [1.807, 2.05) is 18.2 Å². The summed E-state index contributed by atoms with van der Waals surface area (Å²) in [7, 11) is 0. The Balaban J connectivity index is 1.07. The van der Waals surface area contributed by atoms with Gasteiger partial charge < -0.3 is 19.5 Å². The lowest BCUT2D eigenvalue weighted by Crippen LogP contribution is -2.36. The minimum Gasteiger partial charge on any atom is -0.447 e. The molecule has 49 heavy (non-hydrogen) atoms. The lowest BCUT2D eigenvalue weighted by atomic mass is 9.80. The highest BCUT2D eigenvalue weighted by molar-refractivity contribution is 5.67. The Morgan fingerprint density at radius 3 is 1.41 bits per heavy atom. The Morgan fingerprint density at radius 2 is 0.980 bits per heavy atom. The maximum atomic E-state index is 12.4. The lowest BCUT2D eigenvalue weighted by Gasteiger charge is -2.36. The second-order valence-corrected chi connectivity index (χ2v) is 13.9. The molecule has 5 heteroatoms. The Morgan fingerprint density at radius 1 is 0.592 bits per heavy atom. The molecule has 1 aliphatic rings. The van der Waals surface area contributed by atoms with Crippen molar-refractivity contribution >= 4 is 6.09 Å². The Labute approximate surface area is 297 Å². The van der Waals surface area contributed by atoms with Crippen molar-refractivity contribution in [1.29, 1.82) is 0 Å². The molecule has 0 aromatic heterocycles. The SMILES string of the molecule is CCCCCCCCCCCCCCCCCCNC(=O)OC[C@@H]1CC[C@@H](COC(c2ccccc2)(c2ccccc2)c2ccccc2)O1. The van der Waals surface area contributed by atoms with E-state index in [9.17, 15) is 4.79 Å². The molecule has 1 amide bonds. The molecule has 268 valence electrons. The van der Waals surface area contributed by atoms with Gasteiger partial charge in [0.2, 0.25) is 0 Å². The van der Waals surface area contributed by atoms with Crippen LogP contribution in [0.4, 0.5) is 4.79 Å². The van der Waals surface area contributed by atoms with Crippen LogP contribution in [0.25, 0.3) is 0 Å². The lowest BCUT2D eigenvalue weighted by molar-refractivity contribution is -0.0701. The predicted molar refractivity (Wildman–Crippen MR) is 202 cm³/mol. The van der Waals surface area contributed by atoms with Crippen LogP contribution in [0.3, 0.4) is 0 Å². The van der Waals surface area contributed by atoms with Gasteiger partial charge >= 0.3 is 6.09 Å². The van der Waals surface area contributed by atoms with Crippen LogP contribution in [0, 0.1) is 0 Å². The van der Waals surface area contributed by atoms with Gasteiger partial charge in [0.25, 0.3) is 0 Å². The third-order valence-corrected chi connectivity index (χ3v) is 9.92. The number of rotatable bonds is 25. The average Bonchev–Trinajstić information content (AvgIpc) is 3.61. The highest BCUT2D eigenvalue weighted by Gasteiger charge is 2.39. The number of alkyl carbamates (subject to hydrolysis) is 1. The summed E-state index contributed by atoms with van der Waals surface area (Å²) in [4.78, 5) is 12.4. The van der Waals surface area contributed by atoms with Crippen molar-refractivity contribution in [2.24, 2.45) is 0 Å². The van der Waals surface area contributed by atoms with E-state index in [2.05, 4.69) is 85.0 Å². The van der Waals surface area contributed by atoms with E-state index in [0.29, 0.717) is 13.2 Å². The van der Waals surface area contributed by atoms with Crippen molar-refractivity contribution in [3.05, 3.63) is 108 Å². The van der Waals surface area contributed by atoms with E-state index in [4.69, 9.17) is 14.2 Å². The number of carbonyl (C=O) groups is 1. The zero-order valence-corrected chi connectivity index (χ0v) is 30.3. The van der Waals surface area contributed by atoms with Crippen molar-refractivity contribution in [3.63, 3.8) is 0 Å². The number of carbonyl (C=O) groups excluding carboxylic acids is 1. The molecule has 2 atom stereocenters. The second kappa shape index (κ2) is 23.3. The Hall–Kier alpha value is -3.15. The molecular formula is C44H63NO4. The van der Waals surface area contributed by atoms with Gasteiger partial charge in [-0.15, -0.1) is 0 Å². The zero-order valence-electron chi connectivity index (χ0n) is 30.3. The van der Waals surface area contributed by atoms with Gasteiger partial charge in [-0.2, -0.15) is 0 Å². The molecule has 0 saturated carbocycles. The van der Waals surface area contributed by atoms with Crippen LogP contribution in [0.5, 0.6) is 0 Å². The molecule has 3 aromatic carbocycles. The number of benzene rings is 3. The van der Waals surface area contributed by atoms with Crippen molar-refractivity contribution in [2.45, 2.75) is 140 Å². The normalized spacial score (nSPS) is 16.1. The molecular weight excluding hydrogens is 606 g/mol. The van der Waals surface area contributed by atoms with Crippen LogP contribution < -0.4 is 5.32 Å². The number of nitrogens with one attached hydrogen (secondary N) is 1. The first-order valence-electron chi connectivity index (χ1n) is 19.6. The number of unbranched alkanes of at least 4 members (excludes halogenated alkanes) is 15. The Kier molecular flexibility index (Phi) is 18.4. The largest absolute Gasteiger partial charge is 0.447 e. The second-order valence-electron chi connectivity index (χ2n) is 13.9. The van der Waals surface area contributed by atoms with Gasteiger partial charge in [0.1, 0.15) is 12.2 Å². The minimum atomic E-state index is -0.770. The molecule has 0 spiro atoms. The predicted octanol–water partition coefficient (Wildman–Crippen LogP) is 11.5. The molecule has 1 N–H and O–H groups in total. The maximum absolute atomic E-state index is 12.4. The summed E-state index contributed by atoms with van der Waals surface area (Å²) >= 11 is 0. The molecule has 0 radical (unpaired) electrons. The monoisotopic (exact) mass is 669 g/mol. The minimum absolute atomic E-state index is 0.0720. The van der Waals surface area contributed by atoms with Gasteiger partial charge in [0, 0.05) is 6.54 Å². The molecule has 0 aliphatic carbocycles. The number of ether oxygens (including phenoxy) is 3. The maximum Gasteiger partial charge on any atom is 0.407 e. The fourth-order valence-corrected chi connectivity index (χ4v) is 7.10. The van der Waals surface area contributed by atoms with E-state index in [-0.39, 0.29) is 24.9 Å². The van der Waals surface area contributed by atoms with Gasteiger partial charge in [-0.05, 0) is 36.0 Å². The zero-order chi connectivity index (χ0) is 34.2. The molecule has 1 heterocycles. The summed E-state index contributed by atoms with van der Waals surface area (Å²) in [6, 6.07) is 31.2.